The highest BCUT2D eigenvalue weighted by atomic mass is 32.2. The minimum absolute atomic E-state index is 0.00301. The minimum atomic E-state index is -2.77. The zero-order valence-electron chi connectivity index (χ0n) is 11.7. The van der Waals surface area contributed by atoms with Gasteiger partial charge in [0.2, 0.25) is 0 Å². The molecular formula is C14H18F2O3S. The normalized spacial score (nSPS) is 14.3. The molecule has 0 spiro atoms. The van der Waals surface area contributed by atoms with Crippen molar-refractivity contribution in [3.05, 3.63) is 28.8 Å². The molecule has 0 aliphatic rings. The molecule has 2 atom stereocenters. The molecule has 3 nitrogen and oxygen atoms in total. The molecule has 1 aromatic carbocycles. The van der Waals surface area contributed by atoms with Crippen molar-refractivity contribution < 1.29 is 22.9 Å². The van der Waals surface area contributed by atoms with Crippen molar-refractivity contribution in [2.45, 2.75) is 50.2 Å². The van der Waals surface area contributed by atoms with Gasteiger partial charge in [-0.2, -0.15) is 0 Å². The minimum Gasteiger partial charge on any atom is -0.478 e. The zero-order chi connectivity index (χ0) is 15.4. The van der Waals surface area contributed by atoms with E-state index in [1.807, 2.05) is 6.92 Å². The van der Waals surface area contributed by atoms with Gasteiger partial charge in [-0.05, 0) is 24.5 Å². The number of carboxylic acid groups (broad SMARTS) is 1. The number of carboxylic acids is 1. The maximum Gasteiger partial charge on any atom is 0.336 e. The fraction of sp³-hybridized carbons (Fsp3) is 0.500. The molecule has 0 bridgehead atoms. The summed E-state index contributed by atoms with van der Waals surface area (Å²) in [7, 11) is -1.64. The third-order valence-electron chi connectivity index (χ3n) is 3.25. The van der Waals surface area contributed by atoms with Gasteiger partial charge >= 0.3 is 5.97 Å². The predicted molar refractivity (Wildman–Crippen MR) is 73.9 cm³/mol. The molecule has 6 heteroatoms. The van der Waals surface area contributed by atoms with E-state index in [1.165, 1.54) is 6.07 Å². The van der Waals surface area contributed by atoms with Gasteiger partial charge in [-0.1, -0.05) is 26.8 Å². The SMILES string of the molecule is CCc1c(C(=O)O)ccc(C(F)F)c1[S@](=O)[C@@H](C)CC. The number of rotatable bonds is 6. The molecule has 0 saturated carbocycles. The van der Waals surface area contributed by atoms with Crippen molar-refractivity contribution in [2.75, 3.05) is 0 Å². The lowest BCUT2D eigenvalue weighted by Crippen LogP contribution is -2.16. The average Bonchev–Trinajstić information content (AvgIpc) is 2.43. The second-order valence-electron chi connectivity index (χ2n) is 4.49. The lowest BCUT2D eigenvalue weighted by molar-refractivity contribution is 0.0694. The number of carbonyl (C=O) groups is 1. The summed E-state index contributed by atoms with van der Waals surface area (Å²) in [5.41, 5.74) is -0.136. The Morgan fingerprint density at radius 3 is 2.35 bits per heavy atom. The molecule has 0 heterocycles. The second-order valence-corrected chi connectivity index (χ2v) is 6.29. The highest BCUT2D eigenvalue weighted by molar-refractivity contribution is 7.85. The molecule has 0 radical (unpaired) electrons. The van der Waals surface area contributed by atoms with E-state index in [0.717, 1.165) is 6.07 Å². The van der Waals surface area contributed by atoms with Crippen LogP contribution in [0.5, 0.6) is 0 Å². The van der Waals surface area contributed by atoms with Gasteiger partial charge in [0.1, 0.15) is 0 Å². The number of benzene rings is 1. The van der Waals surface area contributed by atoms with Crippen LogP contribution in [0.1, 0.15) is 55.1 Å². The first-order chi connectivity index (χ1) is 9.34. The van der Waals surface area contributed by atoms with Crippen LogP contribution in [-0.4, -0.2) is 20.5 Å². The highest BCUT2D eigenvalue weighted by Crippen LogP contribution is 2.32. The van der Waals surface area contributed by atoms with Crippen molar-refractivity contribution >= 4 is 16.8 Å². The Labute approximate surface area is 119 Å². The third-order valence-corrected chi connectivity index (χ3v) is 5.20. The van der Waals surface area contributed by atoms with Gasteiger partial charge in [0, 0.05) is 10.8 Å². The summed E-state index contributed by atoms with van der Waals surface area (Å²) >= 11 is 0. The van der Waals surface area contributed by atoms with E-state index in [2.05, 4.69) is 0 Å². The van der Waals surface area contributed by atoms with Crippen LogP contribution in [0, 0.1) is 0 Å². The molecule has 1 rings (SSSR count). The molecule has 0 aromatic heterocycles. The Balaban J connectivity index is 3.61. The molecule has 1 aromatic rings. The Bertz CT molecular complexity index is 529. The van der Waals surface area contributed by atoms with Crippen molar-refractivity contribution in [3.8, 4) is 0 Å². The van der Waals surface area contributed by atoms with Crippen LogP contribution in [0.4, 0.5) is 8.78 Å². The first-order valence-electron chi connectivity index (χ1n) is 6.42. The Morgan fingerprint density at radius 2 is 1.95 bits per heavy atom. The van der Waals surface area contributed by atoms with E-state index in [9.17, 15) is 17.8 Å². The van der Waals surface area contributed by atoms with E-state index in [4.69, 9.17) is 5.11 Å². The molecule has 0 unspecified atom stereocenters. The predicted octanol–water partition coefficient (Wildman–Crippen LogP) is 3.79. The summed E-state index contributed by atoms with van der Waals surface area (Å²) in [5, 5.41) is 8.84. The van der Waals surface area contributed by atoms with Crippen LogP contribution < -0.4 is 0 Å². The Hall–Kier alpha value is -1.30. The average molecular weight is 304 g/mol. The van der Waals surface area contributed by atoms with Gasteiger partial charge in [0.05, 0.1) is 21.3 Å². The summed E-state index contributed by atoms with van der Waals surface area (Å²) < 4.78 is 38.7. The third kappa shape index (κ3) is 3.23. The summed E-state index contributed by atoms with van der Waals surface area (Å²) in [6.45, 7) is 5.20. The standard InChI is InChI=1S/C14H18F2O3S/c1-4-8(3)20(19)12-9(5-2)10(14(17)18)6-7-11(12)13(15)16/h6-8,13H,4-5H2,1-3H3,(H,17,18)/t8-,20+/m0/s1. The number of hydrogen-bond acceptors (Lipinski definition) is 2. The summed E-state index contributed by atoms with van der Waals surface area (Å²) in [6.07, 6.45) is -1.96. The van der Waals surface area contributed by atoms with Crippen LogP contribution in [-0.2, 0) is 17.2 Å². The van der Waals surface area contributed by atoms with Crippen LogP contribution in [0.3, 0.4) is 0 Å². The quantitative estimate of drug-likeness (QED) is 0.870. The Morgan fingerprint density at radius 1 is 1.35 bits per heavy atom. The molecule has 0 fully saturated rings. The molecule has 112 valence electrons. The van der Waals surface area contributed by atoms with Gasteiger partial charge in [0.15, 0.2) is 0 Å². The van der Waals surface area contributed by atoms with E-state index >= 15 is 0 Å². The van der Waals surface area contributed by atoms with Gasteiger partial charge < -0.3 is 5.11 Å². The maximum atomic E-state index is 13.1. The summed E-state index contributed by atoms with van der Waals surface area (Å²) in [5.74, 6) is -1.19. The summed E-state index contributed by atoms with van der Waals surface area (Å²) in [4.78, 5) is 11.2. The fourth-order valence-corrected chi connectivity index (χ4v) is 3.55. The molecule has 0 aliphatic carbocycles. The Kier molecular flexibility index (Phi) is 5.80. The lowest BCUT2D eigenvalue weighted by Gasteiger charge is -2.18. The van der Waals surface area contributed by atoms with Crippen LogP contribution in [0.15, 0.2) is 17.0 Å². The second kappa shape index (κ2) is 6.92. The first-order valence-corrected chi connectivity index (χ1v) is 7.64. The van der Waals surface area contributed by atoms with Gasteiger partial charge in [-0.15, -0.1) is 0 Å². The van der Waals surface area contributed by atoms with E-state index in [0.29, 0.717) is 6.42 Å². The molecule has 0 saturated heterocycles. The molecular weight excluding hydrogens is 286 g/mol. The van der Waals surface area contributed by atoms with Crippen molar-refractivity contribution in [2.24, 2.45) is 0 Å². The summed E-state index contributed by atoms with van der Waals surface area (Å²) in [6, 6.07) is 2.24. The number of halogens is 2. The molecule has 0 aliphatic heterocycles. The smallest absolute Gasteiger partial charge is 0.336 e. The van der Waals surface area contributed by atoms with E-state index in [-0.39, 0.29) is 33.3 Å². The lowest BCUT2D eigenvalue weighted by atomic mass is 10.0. The van der Waals surface area contributed by atoms with Crippen LogP contribution >= 0.6 is 0 Å². The maximum absolute atomic E-state index is 13.1. The van der Waals surface area contributed by atoms with E-state index < -0.39 is 23.2 Å². The number of hydrogen-bond donors (Lipinski definition) is 1. The van der Waals surface area contributed by atoms with Crippen LogP contribution in [0.25, 0.3) is 0 Å². The molecule has 0 amide bonds. The zero-order valence-corrected chi connectivity index (χ0v) is 12.5. The van der Waals surface area contributed by atoms with E-state index in [1.54, 1.807) is 13.8 Å². The van der Waals surface area contributed by atoms with Gasteiger partial charge in [-0.3, -0.25) is 4.21 Å². The number of alkyl halides is 2. The van der Waals surface area contributed by atoms with Crippen LogP contribution in [0.2, 0.25) is 0 Å². The monoisotopic (exact) mass is 304 g/mol. The number of aromatic carboxylic acids is 1. The highest BCUT2D eigenvalue weighted by Gasteiger charge is 2.26. The van der Waals surface area contributed by atoms with Gasteiger partial charge in [-0.25, -0.2) is 13.6 Å². The topological polar surface area (TPSA) is 54.4 Å². The largest absolute Gasteiger partial charge is 0.478 e. The first kappa shape index (κ1) is 16.8. The molecule has 1 N–H and O–H groups in total. The van der Waals surface area contributed by atoms with Crippen molar-refractivity contribution in [3.63, 3.8) is 0 Å². The van der Waals surface area contributed by atoms with Crippen molar-refractivity contribution in [1.29, 1.82) is 0 Å². The van der Waals surface area contributed by atoms with Gasteiger partial charge in [0.25, 0.3) is 6.43 Å². The molecule has 20 heavy (non-hydrogen) atoms. The fourth-order valence-electron chi connectivity index (χ4n) is 1.96. The van der Waals surface area contributed by atoms with Crippen molar-refractivity contribution in [1.82, 2.24) is 0 Å².